The number of benzene rings is 7. The summed E-state index contributed by atoms with van der Waals surface area (Å²) in [5.74, 6) is 1.75. The molecule has 5 atom stereocenters. The fourth-order valence-corrected chi connectivity index (χ4v) is 10.3. The molecule has 0 aliphatic carbocycles. The van der Waals surface area contributed by atoms with E-state index in [0.717, 1.165) is 63.7 Å². The van der Waals surface area contributed by atoms with Crippen molar-refractivity contribution in [3.63, 3.8) is 0 Å². The summed E-state index contributed by atoms with van der Waals surface area (Å²) < 4.78 is 0. The van der Waals surface area contributed by atoms with Crippen LogP contribution in [-0.4, -0.2) is 88.1 Å². The van der Waals surface area contributed by atoms with Gasteiger partial charge in [0.2, 0.25) is 18.7 Å². The molecule has 0 aliphatic rings. The second-order valence-electron chi connectivity index (χ2n) is 20.4. The number of carbonyl (C=O) groups is 4. The van der Waals surface area contributed by atoms with Crippen LogP contribution in [0, 0.1) is 5.92 Å². The van der Waals surface area contributed by atoms with Gasteiger partial charge in [-0.05, 0) is 77.0 Å². The number of hydrogen-bond acceptors (Lipinski definition) is 14. The molecule has 11 N–H and O–H groups in total. The van der Waals surface area contributed by atoms with Crippen LogP contribution in [0.1, 0.15) is 65.6 Å². The molecule has 15 nitrogen and oxygen atoms in total. The number of hydroxylamine groups is 5. The van der Waals surface area contributed by atoms with Gasteiger partial charge in [-0.2, -0.15) is 5.06 Å². The van der Waals surface area contributed by atoms with Gasteiger partial charge >= 0.3 is 0 Å². The van der Waals surface area contributed by atoms with E-state index in [2.05, 4.69) is 67.9 Å². The summed E-state index contributed by atoms with van der Waals surface area (Å²) in [6, 6.07) is 68.2. The second-order valence-corrected chi connectivity index (χ2v) is 22.8. The first kappa shape index (κ1) is 69.5. The molecular formula is C67H86N8O7S2. The first-order valence-corrected chi connectivity index (χ1v) is 30.5. The fraction of sp³-hybridized carbons (Fsp3) is 0.313. The normalized spacial score (nSPS) is 12.4. The molecule has 0 fully saturated rings. The second kappa shape index (κ2) is 42.8. The highest BCUT2D eigenvalue weighted by molar-refractivity contribution is 8.16. The molecule has 5 unspecified atom stereocenters. The van der Waals surface area contributed by atoms with E-state index in [4.69, 9.17) is 43.2 Å². The predicted octanol–water partition coefficient (Wildman–Crippen LogP) is 9.37. The zero-order valence-electron chi connectivity index (χ0n) is 48.5. The van der Waals surface area contributed by atoms with Crippen LogP contribution >= 0.6 is 23.5 Å². The minimum Gasteiger partial charge on any atom is -0.327 e. The van der Waals surface area contributed by atoms with E-state index in [9.17, 15) is 19.2 Å². The summed E-state index contributed by atoms with van der Waals surface area (Å²) in [7, 11) is 0. The highest BCUT2D eigenvalue weighted by atomic mass is 32.2. The summed E-state index contributed by atoms with van der Waals surface area (Å²) >= 11 is 3.82. The van der Waals surface area contributed by atoms with Gasteiger partial charge in [-0.15, -0.1) is 23.5 Å². The number of rotatable bonds is 32. The lowest BCUT2D eigenvalue weighted by Crippen LogP contribution is -2.44. The minimum atomic E-state index is -0.830. The predicted molar refractivity (Wildman–Crippen MR) is 342 cm³/mol. The van der Waals surface area contributed by atoms with E-state index >= 15 is 0 Å². The van der Waals surface area contributed by atoms with Crippen LogP contribution in [0.4, 0.5) is 0 Å². The van der Waals surface area contributed by atoms with Crippen LogP contribution in [0.2, 0.25) is 0 Å². The van der Waals surface area contributed by atoms with Gasteiger partial charge in [0.1, 0.15) is 13.2 Å². The number of amides is 4. The van der Waals surface area contributed by atoms with Crippen molar-refractivity contribution in [2.45, 2.75) is 102 Å². The number of carbonyl (C=O) groups excluding carboxylic acids is 4. The number of nitrogens with zero attached hydrogens (tertiary/aromatic N) is 2. The maximum absolute atomic E-state index is 12.1. The van der Waals surface area contributed by atoms with Crippen molar-refractivity contribution in [2.24, 2.45) is 34.6 Å². The van der Waals surface area contributed by atoms with Crippen molar-refractivity contribution in [3.8, 4) is 0 Å². The van der Waals surface area contributed by atoms with E-state index in [0.29, 0.717) is 56.4 Å². The third kappa shape index (κ3) is 32.2. The lowest BCUT2D eigenvalue weighted by Gasteiger charge is -2.22. The maximum Gasteiger partial charge on any atom is 0.270 e. The van der Waals surface area contributed by atoms with Gasteiger partial charge in [0.25, 0.3) is 5.91 Å². The minimum absolute atomic E-state index is 0.0500. The zero-order chi connectivity index (χ0) is 60.4. The third-order valence-electron chi connectivity index (χ3n) is 12.3. The molecule has 17 heteroatoms. The number of imide groups is 1. The molecule has 0 saturated carbocycles. The standard InChI is InChI=1S/C19H26N2S2.C17H18N2O3.C17H20N2O2.C14H22N2O2/c20-18(11-16-7-3-1-4-8-16)13-22-15-23-14-19(21)12-17-9-5-2-6-10-17;18-16(11-14-7-3-1-4-8-14)17(21)19(13-20)22-12-15-9-5-2-6-10-15;18-16(11-14-7-3-1-4-8-14)12-17(20)19-21-13-15-9-5-2-6-10-15;1-12(2)8-14(15)9-16(11-17)18-10-13-6-4-3-5-7-13/h1-10,18-19H,11-15,20-21H2;1-10,13,16H,11-12,18H2;1-10,16H,11-13,18H2,(H,19,20);3-7,11-12,14H,8-10,15H2,1-2H3. The smallest absolute Gasteiger partial charge is 0.270 e. The van der Waals surface area contributed by atoms with Crippen LogP contribution in [-0.2, 0) is 79.2 Å². The first-order chi connectivity index (χ1) is 40.8. The van der Waals surface area contributed by atoms with Gasteiger partial charge < -0.3 is 28.7 Å². The Morgan fingerprint density at radius 2 is 0.821 bits per heavy atom. The molecule has 84 heavy (non-hydrogen) atoms. The van der Waals surface area contributed by atoms with Crippen LogP contribution in [0.25, 0.3) is 0 Å². The Morgan fingerprint density at radius 1 is 0.464 bits per heavy atom. The highest BCUT2D eigenvalue weighted by Gasteiger charge is 2.22. The Bertz CT molecular complexity index is 2740. The van der Waals surface area contributed by atoms with Crippen molar-refractivity contribution in [1.29, 1.82) is 0 Å². The van der Waals surface area contributed by atoms with E-state index in [1.54, 1.807) is 0 Å². The topological polar surface area (TPSA) is 245 Å². The van der Waals surface area contributed by atoms with Crippen molar-refractivity contribution in [2.75, 3.05) is 23.1 Å². The Hall–Kier alpha value is -7.00. The van der Waals surface area contributed by atoms with Gasteiger partial charge in [0.15, 0.2) is 0 Å². The molecular weight excluding hydrogens is 1090 g/mol. The number of nitrogens with one attached hydrogen (secondary N) is 1. The van der Waals surface area contributed by atoms with E-state index in [-0.39, 0.29) is 43.1 Å². The molecule has 7 aromatic rings. The molecule has 4 amide bonds. The lowest BCUT2D eigenvalue weighted by molar-refractivity contribution is -0.190. The summed E-state index contributed by atoms with van der Waals surface area (Å²) in [6.07, 6.45) is 5.06. The van der Waals surface area contributed by atoms with Crippen LogP contribution in [0.5, 0.6) is 0 Å². The summed E-state index contributed by atoms with van der Waals surface area (Å²) in [5.41, 5.74) is 40.2. The molecule has 7 aromatic carbocycles. The van der Waals surface area contributed by atoms with Crippen molar-refractivity contribution in [3.05, 3.63) is 251 Å². The molecule has 0 heterocycles. The van der Waals surface area contributed by atoms with Crippen molar-refractivity contribution in [1.82, 2.24) is 15.6 Å². The third-order valence-corrected chi connectivity index (χ3v) is 14.9. The van der Waals surface area contributed by atoms with Gasteiger partial charge in [0.05, 0.1) is 19.2 Å². The van der Waals surface area contributed by atoms with Crippen molar-refractivity contribution < 1.29 is 33.7 Å². The summed E-state index contributed by atoms with van der Waals surface area (Å²) in [5, 5.41) is 3.01. The van der Waals surface area contributed by atoms with Crippen LogP contribution in [0.15, 0.2) is 212 Å². The van der Waals surface area contributed by atoms with Gasteiger partial charge in [0, 0.05) is 47.2 Å². The Labute approximate surface area is 506 Å². The summed E-state index contributed by atoms with van der Waals surface area (Å²) in [6.45, 7) is 5.50. The Balaban J connectivity index is 0.000000241. The Morgan fingerprint density at radius 3 is 1.20 bits per heavy atom. The average molecular weight is 1180 g/mol. The quantitative estimate of drug-likeness (QED) is 0.00996. The van der Waals surface area contributed by atoms with Crippen LogP contribution in [0.3, 0.4) is 0 Å². The first-order valence-electron chi connectivity index (χ1n) is 28.2. The van der Waals surface area contributed by atoms with E-state index < -0.39 is 11.9 Å². The van der Waals surface area contributed by atoms with Crippen molar-refractivity contribution >= 4 is 48.2 Å². The molecule has 0 aromatic heterocycles. The zero-order valence-corrected chi connectivity index (χ0v) is 50.1. The molecule has 448 valence electrons. The summed E-state index contributed by atoms with van der Waals surface area (Å²) in [4.78, 5) is 61.6. The molecule has 7 rings (SSSR count). The number of hydrogen-bond donors (Lipinski definition) is 6. The Kier molecular flexibility index (Phi) is 35.4. The molecule has 0 radical (unpaired) electrons. The average Bonchev–Trinajstić information content (AvgIpc) is 3.58. The van der Waals surface area contributed by atoms with E-state index in [1.807, 2.05) is 187 Å². The molecule has 0 spiro atoms. The van der Waals surface area contributed by atoms with E-state index in [1.165, 1.54) is 16.2 Å². The molecule has 0 aliphatic heterocycles. The van der Waals surface area contributed by atoms with Crippen LogP contribution < -0.4 is 34.1 Å². The monoisotopic (exact) mass is 1180 g/mol. The molecule has 0 bridgehead atoms. The van der Waals surface area contributed by atoms with Gasteiger partial charge in [-0.25, -0.2) is 10.5 Å². The fourth-order valence-electron chi connectivity index (χ4n) is 8.20. The lowest BCUT2D eigenvalue weighted by atomic mass is 10.0. The molecule has 0 saturated heterocycles. The van der Waals surface area contributed by atoms with Gasteiger partial charge in [-0.3, -0.25) is 33.7 Å². The maximum atomic E-state index is 12.1. The largest absolute Gasteiger partial charge is 0.327 e. The number of nitrogens with two attached hydrogens (primary N) is 5. The van der Waals surface area contributed by atoms with Gasteiger partial charge in [-0.1, -0.05) is 226 Å². The highest BCUT2D eigenvalue weighted by Crippen LogP contribution is 2.17. The SMILES string of the molecule is CC(C)CC(N)CN(C=O)OCc1ccccc1.NC(CC(=O)NOCc1ccccc1)Cc1ccccc1.NC(CSCSCC(N)Cc1ccccc1)Cc1ccccc1.NC(Cc1ccccc1)C(=O)N(C=O)OCc1ccccc1. The number of thioether (sulfide) groups is 2.